The fraction of sp³-hybridized carbons (Fsp3) is 0.857. The largest absolute Gasteiger partial charge is 0.438 e. The Labute approximate surface area is 81.9 Å². The summed E-state index contributed by atoms with van der Waals surface area (Å²) in [5.74, 6) is -0.303. The molecule has 0 aromatic heterocycles. The molecule has 5 heteroatoms. The van der Waals surface area contributed by atoms with Crippen molar-refractivity contribution in [3.8, 4) is 0 Å². The minimum atomic E-state index is -0.606. The third-order valence-electron chi connectivity index (χ3n) is 1.19. The SMILES string of the molecule is CCC(=O)OCOC(C)C(Cl)Cl. The highest BCUT2D eigenvalue weighted by Crippen LogP contribution is 2.10. The zero-order valence-electron chi connectivity index (χ0n) is 7.05. The highest BCUT2D eigenvalue weighted by atomic mass is 35.5. The molecule has 0 saturated carbocycles. The van der Waals surface area contributed by atoms with Crippen LogP contribution in [0.25, 0.3) is 0 Å². The van der Waals surface area contributed by atoms with Crippen LogP contribution in [0, 0.1) is 0 Å². The Morgan fingerprint density at radius 3 is 2.50 bits per heavy atom. The Morgan fingerprint density at radius 1 is 1.50 bits per heavy atom. The second kappa shape index (κ2) is 6.52. The van der Waals surface area contributed by atoms with Gasteiger partial charge in [0.2, 0.25) is 0 Å². The molecule has 1 unspecified atom stereocenters. The first-order chi connectivity index (χ1) is 5.57. The molecule has 3 nitrogen and oxygen atoms in total. The van der Waals surface area contributed by atoms with E-state index >= 15 is 0 Å². The first-order valence-electron chi connectivity index (χ1n) is 3.63. The molecule has 0 bridgehead atoms. The number of halogens is 2. The van der Waals surface area contributed by atoms with Crippen molar-refractivity contribution in [3.63, 3.8) is 0 Å². The molecule has 0 N–H and O–H groups in total. The summed E-state index contributed by atoms with van der Waals surface area (Å²) in [5.41, 5.74) is 0. The Hall–Kier alpha value is 0.01000. The lowest BCUT2D eigenvalue weighted by atomic mass is 10.5. The van der Waals surface area contributed by atoms with Crippen LogP contribution in [-0.4, -0.2) is 23.7 Å². The average Bonchev–Trinajstić information content (AvgIpc) is 2.03. The van der Waals surface area contributed by atoms with Crippen LogP contribution in [0.15, 0.2) is 0 Å². The zero-order valence-corrected chi connectivity index (χ0v) is 8.56. The van der Waals surface area contributed by atoms with Crippen LogP contribution in [0.4, 0.5) is 0 Å². The van der Waals surface area contributed by atoms with Gasteiger partial charge in [0.25, 0.3) is 0 Å². The number of hydrogen-bond acceptors (Lipinski definition) is 3. The number of carbonyl (C=O) groups is 1. The Morgan fingerprint density at radius 2 is 2.08 bits per heavy atom. The molecule has 0 aliphatic rings. The van der Waals surface area contributed by atoms with Gasteiger partial charge < -0.3 is 9.47 Å². The van der Waals surface area contributed by atoms with Crippen LogP contribution in [0.1, 0.15) is 20.3 Å². The molecule has 0 rings (SSSR count). The fourth-order valence-electron chi connectivity index (χ4n) is 0.382. The molecule has 0 amide bonds. The first kappa shape index (κ1) is 12.0. The lowest BCUT2D eigenvalue weighted by molar-refractivity contribution is -0.159. The van der Waals surface area contributed by atoms with E-state index in [1.807, 2.05) is 0 Å². The predicted molar refractivity (Wildman–Crippen MR) is 47.3 cm³/mol. The highest BCUT2D eigenvalue weighted by Gasteiger charge is 2.11. The molecule has 0 spiro atoms. The van der Waals surface area contributed by atoms with E-state index in [-0.39, 0.29) is 18.9 Å². The van der Waals surface area contributed by atoms with Crippen LogP contribution in [-0.2, 0) is 14.3 Å². The number of ether oxygens (including phenoxy) is 2. The molecule has 0 radical (unpaired) electrons. The highest BCUT2D eigenvalue weighted by molar-refractivity contribution is 6.44. The van der Waals surface area contributed by atoms with E-state index in [0.717, 1.165) is 0 Å². The van der Waals surface area contributed by atoms with E-state index in [1.54, 1.807) is 13.8 Å². The van der Waals surface area contributed by atoms with Gasteiger partial charge in [-0.2, -0.15) is 0 Å². The molecule has 1 atom stereocenters. The van der Waals surface area contributed by atoms with Crippen molar-refractivity contribution in [2.24, 2.45) is 0 Å². The Balaban J connectivity index is 3.37. The van der Waals surface area contributed by atoms with Gasteiger partial charge in [-0.05, 0) is 6.92 Å². The summed E-state index contributed by atoms with van der Waals surface area (Å²) in [7, 11) is 0. The maximum atomic E-state index is 10.6. The van der Waals surface area contributed by atoms with Crippen molar-refractivity contribution in [2.45, 2.75) is 31.2 Å². The molecular formula is C7H12Cl2O3. The summed E-state index contributed by atoms with van der Waals surface area (Å²) in [6, 6.07) is 0. The standard InChI is InChI=1S/C7H12Cl2O3/c1-3-6(10)12-4-11-5(2)7(8)9/h5,7H,3-4H2,1-2H3. The molecule has 0 aliphatic heterocycles. The number of alkyl halides is 2. The summed E-state index contributed by atoms with van der Waals surface area (Å²) in [6.07, 6.45) is 0.00103. The van der Waals surface area contributed by atoms with Crippen LogP contribution in [0.2, 0.25) is 0 Å². The van der Waals surface area contributed by atoms with Crippen molar-refractivity contribution >= 4 is 29.2 Å². The second-order valence-electron chi connectivity index (χ2n) is 2.19. The average molecular weight is 215 g/mol. The first-order valence-corrected chi connectivity index (χ1v) is 4.50. The van der Waals surface area contributed by atoms with Gasteiger partial charge in [0, 0.05) is 6.42 Å². The monoisotopic (exact) mass is 214 g/mol. The number of carbonyl (C=O) groups excluding carboxylic acids is 1. The van der Waals surface area contributed by atoms with Crippen molar-refractivity contribution in [3.05, 3.63) is 0 Å². The Bertz CT molecular complexity index is 139. The van der Waals surface area contributed by atoms with E-state index in [1.165, 1.54) is 0 Å². The summed E-state index contributed by atoms with van der Waals surface area (Å²) in [5, 5.41) is 0. The summed E-state index contributed by atoms with van der Waals surface area (Å²) >= 11 is 11.0. The van der Waals surface area contributed by atoms with Gasteiger partial charge in [-0.1, -0.05) is 6.92 Å². The van der Waals surface area contributed by atoms with Crippen molar-refractivity contribution in [1.82, 2.24) is 0 Å². The summed E-state index contributed by atoms with van der Waals surface area (Å²) < 4.78 is 9.60. The maximum Gasteiger partial charge on any atom is 0.307 e. The Kier molecular flexibility index (Phi) is 6.52. The number of rotatable bonds is 5. The smallest absolute Gasteiger partial charge is 0.307 e. The van der Waals surface area contributed by atoms with Gasteiger partial charge >= 0.3 is 5.97 Å². The van der Waals surface area contributed by atoms with Crippen molar-refractivity contribution in [2.75, 3.05) is 6.79 Å². The van der Waals surface area contributed by atoms with Gasteiger partial charge in [0.1, 0.15) is 4.84 Å². The van der Waals surface area contributed by atoms with Gasteiger partial charge in [-0.25, -0.2) is 0 Å². The fourth-order valence-corrected chi connectivity index (χ4v) is 0.527. The molecule has 12 heavy (non-hydrogen) atoms. The minimum absolute atomic E-state index is 0.0935. The van der Waals surface area contributed by atoms with E-state index in [2.05, 4.69) is 4.74 Å². The third-order valence-corrected chi connectivity index (χ3v) is 1.90. The maximum absolute atomic E-state index is 10.6. The van der Waals surface area contributed by atoms with E-state index in [4.69, 9.17) is 27.9 Å². The van der Waals surface area contributed by atoms with Crippen LogP contribution in [0.3, 0.4) is 0 Å². The van der Waals surface area contributed by atoms with Crippen LogP contribution in [0.5, 0.6) is 0 Å². The molecule has 0 fully saturated rings. The molecular weight excluding hydrogens is 203 g/mol. The van der Waals surface area contributed by atoms with E-state index in [9.17, 15) is 4.79 Å². The van der Waals surface area contributed by atoms with Gasteiger partial charge in [-0.3, -0.25) is 4.79 Å². The molecule has 0 saturated heterocycles. The summed E-state index contributed by atoms with van der Waals surface area (Å²) in [6.45, 7) is 3.31. The molecule has 0 aromatic carbocycles. The number of hydrogen-bond donors (Lipinski definition) is 0. The van der Waals surface area contributed by atoms with E-state index in [0.29, 0.717) is 6.42 Å². The normalized spacial score (nSPS) is 13.1. The summed E-state index contributed by atoms with van der Waals surface area (Å²) in [4.78, 5) is 9.99. The topological polar surface area (TPSA) is 35.5 Å². The van der Waals surface area contributed by atoms with Gasteiger partial charge in [0.05, 0.1) is 6.10 Å². The van der Waals surface area contributed by atoms with Gasteiger partial charge in [0.15, 0.2) is 6.79 Å². The van der Waals surface area contributed by atoms with Crippen LogP contribution < -0.4 is 0 Å². The number of esters is 1. The predicted octanol–water partition coefficient (Wildman–Crippen LogP) is 2.11. The van der Waals surface area contributed by atoms with Crippen LogP contribution >= 0.6 is 23.2 Å². The van der Waals surface area contributed by atoms with Gasteiger partial charge in [-0.15, -0.1) is 23.2 Å². The van der Waals surface area contributed by atoms with Crippen molar-refractivity contribution < 1.29 is 14.3 Å². The molecule has 0 aliphatic carbocycles. The quantitative estimate of drug-likeness (QED) is 0.400. The zero-order chi connectivity index (χ0) is 9.56. The molecule has 72 valence electrons. The third kappa shape index (κ3) is 5.63. The van der Waals surface area contributed by atoms with E-state index < -0.39 is 4.84 Å². The lowest BCUT2D eigenvalue weighted by Gasteiger charge is -2.12. The molecule has 0 aromatic rings. The molecule has 0 heterocycles. The lowest BCUT2D eigenvalue weighted by Crippen LogP contribution is -2.19. The second-order valence-corrected chi connectivity index (χ2v) is 3.36. The van der Waals surface area contributed by atoms with Crippen molar-refractivity contribution in [1.29, 1.82) is 0 Å². The minimum Gasteiger partial charge on any atom is -0.438 e.